The lowest BCUT2D eigenvalue weighted by Gasteiger charge is -2.06. The van der Waals surface area contributed by atoms with Crippen LogP contribution in [0.4, 0.5) is 4.39 Å². The van der Waals surface area contributed by atoms with Gasteiger partial charge in [-0.15, -0.1) is 0 Å². The van der Waals surface area contributed by atoms with Gasteiger partial charge in [0.15, 0.2) is 0 Å². The van der Waals surface area contributed by atoms with Crippen molar-refractivity contribution < 1.29 is 8.81 Å². The SMILES string of the molecule is CSCCC(N)c1cc2cc(F)ccc2o1. The highest BCUT2D eigenvalue weighted by molar-refractivity contribution is 7.98. The molecule has 1 unspecified atom stereocenters. The summed E-state index contributed by atoms with van der Waals surface area (Å²) in [7, 11) is 0. The van der Waals surface area contributed by atoms with Crippen molar-refractivity contribution in [2.45, 2.75) is 12.5 Å². The summed E-state index contributed by atoms with van der Waals surface area (Å²) in [6.45, 7) is 0. The number of hydrogen-bond acceptors (Lipinski definition) is 3. The van der Waals surface area contributed by atoms with Crippen molar-refractivity contribution in [3.05, 3.63) is 35.8 Å². The first kappa shape index (κ1) is 11.5. The Morgan fingerprint density at radius 1 is 1.44 bits per heavy atom. The van der Waals surface area contributed by atoms with Gasteiger partial charge in [0, 0.05) is 5.39 Å². The fraction of sp³-hybridized carbons (Fsp3) is 0.333. The highest BCUT2D eigenvalue weighted by Gasteiger charge is 2.11. The zero-order chi connectivity index (χ0) is 11.5. The summed E-state index contributed by atoms with van der Waals surface area (Å²) in [5.74, 6) is 1.47. The van der Waals surface area contributed by atoms with Crippen molar-refractivity contribution in [2.75, 3.05) is 12.0 Å². The van der Waals surface area contributed by atoms with E-state index in [9.17, 15) is 4.39 Å². The number of thioether (sulfide) groups is 1. The zero-order valence-corrected chi connectivity index (χ0v) is 9.89. The molecule has 2 aromatic rings. The van der Waals surface area contributed by atoms with E-state index in [-0.39, 0.29) is 11.9 Å². The second-order valence-electron chi connectivity index (χ2n) is 3.72. The lowest BCUT2D eigenvalue weighted by atomic mass is 10.1. The van der Waals surface area contributed by atoms with Gasteiger partial charge in [0.2, 0.25) is 0 Å². The molecule has 0 aliphatic heterocycles. The first-order chi connectivity index (χ1) is 7.70. The van der Waals surface area contributed by atoms with Crippen molar-refractivity contribution in [2.24, 2.45) is 5.73 Å². The Balaban J connectivity index is 2.25. The van der Waals surface area contributed by atoms with Crippen molar-refractivity contribution >= 4 is 22.7 Å². The van der Waals surface area contributed by atoms with Gasteiger partial charge in [-0.3, -0.25) is 0 Å². The molecule has 0 spiro atoms. The van der Waals surface area contributed by atoms with Gasteiger partial charge >= 0.3 is 0 Å². The normalized spacial score (nSPS) is 13.2. The molecule has 0 bridgehead atoms. The predicted molar refractivity (Wildman–Crippen MR) is 66.1 cm³/mol. The minimum absolute atomic E-state index is 0.108. The van der Waals surface area contributed by atoms with Crippen molar-refractivity contribution in [1.82, 2.24) is 0 Å². The van der Waals surface area contributed by atoms with E-state index >= 15 is 0 Å². The molecule has 1 atom stereocenters. The van der Waals surface area contributed by atoms with Crippen LogP contribution in [0.1, 0.15) is 18.2 Å². The quantitative estimate of drug-likeness (QED) is 0.889. The molecule has 0 aliphatic carbocycles. The Labute approximate surface area is 98.0 Å². The fourth-order valence-electron chi connectivity index (χ4n) is 1.60. The molecule has 86 valence electrons. The average molecular weight is 239 g/mol. The molecule has 1 aromatic carbocycles. The summed E-state index contributed by atoms with van der Waals surface area (Å²) in [6.07, 6.45) is 2.91. The van der Waals surface area contributed by atoms with E-state index in [1.165, 1.54) is 12.1 Å². The van der Waals surface area contributed by atoms with Crippen LogP contribution in [0.15, 0.2) is 28.7 Å². The van der Waals surface area contributed by atoms with E-state index in [4.69, 9.17) is 10.2 Å². The van der Waals surface area contributed by atoms with Gasteiger partial charge in [0.1, 0.15) is 17.2 Å². The van der Waals surface area contributed by atoms with Gasteiger partial charge in [-0.2, -0.15) is 11.8 Å². The molecule has 0 radical (unpaired) electrons. The maximum Gasteiger partial charge on any atom is 0.134 e. The zero-order valence-electron chi connectivity index (χ0n) is 9.07. The van der Waals surface area contributed by atoms with Crippen LogP contribution in [-0.4, -0.2) is 12.0 Å². The first-order valence-corrected chi connectivity index (χ1v) is 6.53. The summed E-state index contributed by atoms with van der Waals surface area (Å²) < 4.78 is 18.6. The molecule has 16 heavy (non-hydrogen) atoms. The van der Waals surface area contributed by atoms with E-state index in [0.717, 1.165) is 23.3 Å². The van der Waals surface area contributed by atoms with Crippen molar-refractivity contribution in [3.8, 4) is 0 Å². The highest BCUT2D eigenvalue weighted by atomic mass is 32.2. The topological polar surface area (TPSA) is 39.2 Å². The third-order valence-corrected chi connectivity index (χ3v) is 3.14. The van der Waals surface area contributed by atoms with Crippen LogP contribution in [0.5, 0.6) is 0 Å². The van der Waals surface area contributed by atoms with Gasteiger partial charge in [-0.1, -0.05) is 0 Å². The molecule has 0 amide bonds. The number of benzene rings is 1. The van der Waals surface area contributed by atoms with Gasteiger partial charge in [-0.25, -0.2) is 4.39 Å². The fourth-order valence-corrected chi connectivity index (χ4v) is 2.09. The van der Waals surface area contributed by atoms with E-state index in [1.807, 2.05) is 12.3 Å². The van der Waals surface area contributed by atoms with Crippen LogP contribution in [0.2, 0.25) is 0 Å². The van der Waals surface area contributed by atoms with Crippen molar-refractivity contribution in [1.29, 1.82) is 0 Å². The van der Waals surface area contributed by atoms with E-state index in [2.05, 4.69) is 0 Å². The molecule has 2 N–H and O–H groups in total. The van der Waals surface area contributed by atoms with Crippen LogP contribution >= 0.6 is 11.8 Å². The Morgan fingerprint density at radius 2 is 2.25 bits per heavy atom. The van der Waals surface area contributed by atoms with E-state index in [0.29, 0.717) is 5.58 Å². The Bertz CT molecular complexity index is 483. The molecular weight excluding hydrogens is 225 g/mol. The summed E-state index contributed by atoms with van der Waals surface area (Å²) in [4.78, 5) is 0. The largest absolute Gasteiger partial charge is 0.459 e. The van der Waals surface area contributed by atoms with Crippen LogP contribution in [-0.2, 0) is 0 Å². The maximum atomic E-state index is 13.0. The lowest BCUT2D eigenvalue weighted by molar-refractivity contribution is 0.490. The molecule has 0 fully saturated rings. The molecule has 0 aliphatic rings. The minimum atomic E-state index is -0.252. The van der Waals surface area contributed by atoms with Gasteiger partial charge in [0.25, 0.3) is 0 Å². The minimum Gasteiger partial charge on any atom is -0.459 e. The number of halogens is 1. The smallest absolute Gasteiger partial charge is 0.134 e. The average Bonchev–Trinajstić information content (AvgIpc) is 2.68. The second-order valence-corrected chi connectivity index (χ2v) is 4.70. The van der Waals surface area contributed by atoms with Crippen LogP contribution in [0, 0.1) is 5.82 Å². The van der Waals surface area contributed by atoms with Crippen LogP contribution in [0.3, 0.4) is 0 Å². The number of furan rings is 1. The Kier molecular flexibility index (Phi) is 3.51. The first-order valence-electron chi connectivity index (χ1n) is 5.14. The predicted octanol–water partition coefficient (Wildman–Crippen LogP) is 3.32. The van der Waals surface area contributed by atoms with Gasteiger partial charge < -0.3 is 10.2 Å². The maximum absolute atomic E-state index is 13.0. The summed E-state index contributed by atoms with van der Waals surface area (Å²) in [5, 5.41) is 0.773. The van der Waals surface area contributed by atoms with E-state index in [1.54, 1.807) is 17.8 Å². The number of fused-ring (bicyclic) bond motifs is 1. The number of hydrogen-bond donors (Lipinski definition) is 1. The third kappa shape index (κ3) is 2.39. The molecular formula is C12H14FNOS. The number of nitrogens with two attached hydrogens (primary N) is 1. The summed E-state index contributed by atoms with van der Waals surface area (Å²) >= 11 is 1.75. The van der Waals surface area contributed by atoms with Gasteiger partial charge in [-0.05, 0) is 42.7 Å². The van der Waals surface area contributed by atoms with E-state index < -0.39 is 0 Å². The Morgan fingerprint density at radius 3 is 3.00 bits per heavy atom. The number of rotatable bonds is 4. The third-order valence-electron chi connectivity index (χ3n) is 2.50. The monoisotopic (exact) mass is 239 g/mol. The molecule has 1 heterocycles. The highest BCUT2D eigenvalue weighted by Crippen LogP contribution is 2.25. The summed E-state index contributed by atoms with van der Waals surface area (Å²) in [6, 6.07) is 6.20. The molecule has 1 aromatic heterocycles. The standard InChI is InChI=1S/C12H14FNOS/c1-16-5-4-10(14)12-7-8-6-9(13)2-3-11(8)15-12/h2-3,6-7,10H,4-5,14H2,1H3. The van der Waals surface area contributed by atoms with Gasteiger partial charge in [0.05, 0.1) is 6.04 Å². The lowest BCUT2D eigenvalue weighted by Crippen LogP contribution is -2.09. The molecule has 2 nitrogen and oxygen atoms in total. The van der Waals surface area contributed by atoms with Crippen LogP contribution in [0.25, 0.3) is 11.0 Å². The van der Waals surface area contributed by atoms with Crippen LogP contribution < -0.4 is 5.73 Å². The van der Waals surface area contributed by atoms with Crippen molar-refractivity contribution in [3.63, 3.8) is 0 Å². The Hall–Kier alpha value is -1.00. The summed E-state index contributed by atoms with van der Waals surface area (Å²) in [5.41, 5.74) is 6.67. The molecule has 4 heteroatoms. The second kappa shape index (κ2) is 4.89. The molecule has 0 saturated heterocycles. The molecule has 2 rings (SSSR count). The molecule has 0 saturated carbocycles.